The van der Waals surface area contributed by atoms with Crippen LogP contribution in [0.5, 0.6) is 0 Å². The van der Waals surface area contributed by atoms with Crippen molar-refractivity contribution in [3.8, 4) is 0 Å². The number of ketones is 1. The Morgan fingerprint density at radius 3 is 2.45 bits per heavy atom. The van der Waals surface area contributed by atoms with Gasteiger partial charge in [-0.1, -0.05) is 17.7 Å². The number of fused-ring (bicyclic) bond motifs is 1. The number of hydrogen-bond acceptors (Lipinski definition) is 7. The Kier molecular flexibility index (Phi) is 5.24. The van der Waals surface area contributed by atoms with Gasteiger partial charge in [-0.25, -0.2) is 8.42 Å². The first-order valence-electron chi connectivity index (χ1n) is 10.3. The molecule has 1 aromatic rings. The second-order valence-corrected chi connectivity index (χ2v) is 11.2. The van der Waals surface area contributed by atoms with E-state index < -0.39 is 45.4 Å². The van der Waals surface area contributed by atoms with Gasteiger partial charge in [0.05, 0.1) is 17.5 Å². The van der Waals surface area contributed by atoms with Crippen molar-refractivity contribution in [1.82, 2.24) is 4.31 Å². The van der Waals surface area contributed by atoms with Crippen LogP contribution in [-0.2, 0) is 29.0 Å². The smallest absolute Gasteiger partial charge is 0.245 e. The van der Waals surface area contributed by atoms with Crippen LogP contribution >= 0.6 is 0 Å². The van der Waals surface area contributed by atoms with Crippen molar-refractivity contribution >= 4 is 15.8 Å². The van der Waals surface area contributed by atoms with E-state index in [9.17, 15) is 18.3 Å². The fourth-order valence-electron chi connectivity index (χ4n) is 4.82. The number of ether oxygens (including phenoxy) is 3. The van der Waals surface area contributed by atoms with Crippen LogP contribution in [0.15, 0.2) is 41.3 Å². The fourth-order valence-corrected chi connectivity index (χ4v) is 6.68. The molecule has 0 amide bonds. The molecule has 4 atom stereocenters. The minimum Gasteiger partial charge on any atom is -0.386 e. The Labute approximate surface area is 182 Å². The second-order valence-electron chi connectivity index (χ2n) is 9.37. The molecular weight excluding hydrogens is 422 g/mol. The van der Waals surface area contributed by atoms with E-state index in [1.54, 1.807) is 52.0 Å². The molecule has 1 aliphatic carbocycles. The molecule has 2 fully saturated rings. The monoisotopic (exact) mass is 451 g/mol. The van der Waals surface area contributed by atoms with E-state index in [1.165, 1.54) is 16.5 Å². The van der Waals surface area contributed by atoms with Crippen molar-refractivity contribution in [2.24, 2.45) is 0 Å². The number of nitrogens with zero attached hydrogens (tertiary/aromatic N) is 1. The molecule has 0 radical (unpaired) electrons. The Bertz CT molecular complexity index is 1010. The minimum atomic E-state index is -3.93. The molecule has 9 heteroatoms. The molecule has 8 nitrogen and oxygen atoms in total. The molecule has 2 heterocycles. The van der Waals surface area contributed by atoms with Gasteiger partial charge in [-0.3, -0.25) is 4.79 Å². The second kappa shape index (κ2) is 7.19. The van der Waals surface area contributed by atoms with Gasteiger partial charge in [0.2, 0.25) is 10.0 Å². The largest absolute Gasteiger partial charge is 0.386 e. The lowest BCUT2D eigenvalue weighted by Gasteiger charge is -2.39. The predicted octanol–water partition coefficient (Wildman–Crippen LogP) is 1.90. The lowest BCUT2D eigenvalue weighted by Crippen LogP contribution is -2.58. The highest BCUT2D eigenvalue weighted by atomic mass is 32.2. The molecule has 4 rings (SSSR count). The molecule has 1 N–H and O–H groups in total. The number of hydrogen-bond donors (Lipinski definition) is 1. The Morgan fingerprint density at radius 1 is 1.16 bits per heavy atom. The lowest BCUT2D eigenvalue weighted by atomic mass is 9.79. The number of benzene rings is 1. The number of aryl methyl sites for hydroxylation is 1. The van der Waals surface area contributed by atoms with Crippen molar-refractivity contribution in [2.75, 3.05) is 6.61 Å². The minimum absolute atomic E-state index is 0.00412. The van der Waals surface area contributed by atoms with E-state index in [2.05, 4.69) is 0 Å². The lowest BCUT2D eigenvalue weighted by molar-refractivity contribution is -0.172. The molecule has 1 aromatic carbocycles. The highest BCUT2D eigenvalue weighted by molar-refractivity contribution is 7.89. The van der Waals surface area contributed by atoms with Crippen LogP contribution < -0.4 is 0 Å². The van der Waals surface area contributed by atoms with Crippen molar-refractivity contribution in [2.45, 2.75) is 81.3 Å². The molecule has 0 unspecified atom stereocenters. The number of aliphatic hydroxyl groups excluding tert-OH is 1. The summed E-state index contributed by atoms with van der Waals surface area (Å²) in [7, 11) is -3.93. The Morgan fingerprint density at radius 2 is 1.81 bits per heavy atom. The molecule has 0 saturated carbocycles. The van der Waals surface area contributed by atoms with Crippen LogP contribution in [0.3, 0.4) is 0 Å². The van der Waals surface area contributed by atoms with Crippen molar-refractivity contribution in [3.05, 3.63) is 42.0 Å². The summed E-state index contributed by atoms with van der Waals surface area (Å²) < 4.78 is 46.3. The summed E-state index contributed by atoms with van der Waals surface area (Å²) >= 11 is 0. The topological polar surface area (TPSA) is 102 Å². The van der Waals surface area contributed by atoms with Gasteiger partial charge in [0.25, 0.3) is 0 Å². The van der Waals surface area contributed by atoms with Gasteiger partial charge in [-0.15, -0.1) is 0 Å². The summed E-state index contributed by atoms with van der Waals surface area (Å²) in [6, 6.07) is 5.91. The van der Waals surface area contributed by atoms with E-state index in [0.29, 0.717) is 0 Å². The number of carbonyl (C=O) groups is 1. The van der Waals surface area contributed by atoms with Crippen LogP contribution in [0.2, 0.25) is 0 Å². The van der Waals surface area contributed by atoms with Gasteiger partial charge >= 0.3 is 0 Å². The summed E-state index contributed by atoms with van der Waals surface area (Å²) in [6.07, 6.45) is 0.678. The molecule has 170 valence electrons. The van der Waals surface area contributed by atoms with E-state index >= 15 is 0 Å². The molecule has 3 aliphatic rings. The van der Waals surface area contributed by atoms with Crippen LogP contribution in [0.1, 0.15) is 39.7 Å². The number of sulfonamides is 1. The zero-order valence-corrected chi connectivity index (χ0v) is 19.2. The summed E-state index contributed by atoms with van der Waals surface area (Å²) in [5.41, 5.74) is -1.68. The standard InChI is InChI=1S/C22H29NO7S/c1-14-6-8-16(9-7-14)31(26,27)23-15(13-28-20(23,2)3)12-22-18(25)11-10-17(24)19(22)29-21(4,5)30-22/h6-11,15,17,19,24H,12-13H2,1-5H3/t15-,17+,19-,22+/m0/s1. The average molecular weight is 452 g/mol. The van der Waals surface area contributed by atoms with E-state index in [0.717, 1.165) is 5.56 Å². The molecule has 2 saturated heterocycles. The third-order valence-corrected chi connectivity index (χ3v) is 8.20. The fraction of sp³-hybridized carbons (Fsp3) is 0.591. The highest BCUT2D eigenvalue weighted by Crippen LogP contribution is 2.47. The summed E-state index contributed by atoms with van der Waals surface area (Å²) in [5, 5.41) is 10.5. The first-order chi connectivity index (χ1) is 14.3. The summed E-state index contributed by atoms with van der Waals surface area (Å²) in [6.45, 7) is 8.67. The van der Waals surface area contributed by atoms with E-state index in [4.69, 9.17) is 14.2 Å². The van der Waals surface area contributed by atoms with Gasteiger partial charge in [0, 0.05) is 6.42 Å². The third kappa shape index (κ3) is 3.67. The maximum atomic E-state index is 13.6. The van der Waals surface area contributed by atoms with E-state index in [-0.39, 0.29) is 23.7 Å². The number of rotatable bonds is 4. The van der Waals surface area contributed by atoms with Gasteiger partial charge in [0.1, 0.15) is 17.9 Å². The maximum Gasteiger partial charge on any atom is 0.245 e. The van der Waals surface area contributed by atoms with E-state index in [1.807, 2.05) is 6.92 Å². The van der Waals surface area contributed by atoms with Crippen LogP contribution in [0.4, 0.5) is 0 Å². The summed E-state index contributed by atoms with van der Waals surface area (Å²) in [4.78, 5) is 13.2. The zero-order chi connectivity index (χ0) is 22.8. The van der Waals surface area contributed by atoms with Crippen LogP contribution in [-0.4, -0.2) is 65.6 Å². The first kappa shape index (κ1) is 22.6. The molecule has 2 aliphatic heterocycles. The van der Waals surface area contributed by atoms with Crippen molar-refractivity contribution in [3.63, 3.8) is 0 Å². The van der Waals surface area contributed by atoms with Crippen molar-refractivity contribution < 1.29 is 32.5 Å². The number of carbonyl (C=O) groups excluding carboxylic acids is 1. The quantitative estimate of drug-likeness (QED) is 0.746. The maximum absolute atomic E-state index is 13.6. The highest BCUT2D eigenvalue weighted by Gasteiger charge is 2.63. The van der Waals surface area contributed by atoms with Crippen LogP contribution in [0, 0.1) is 6.92 Å². The number of aliphatic hydroxyl groups is 1. The van der Waals surface area contributed by atoms with Gasteiger partial charge in [-0.05, 0) is 58.9 Å². The first-order valence-corrected chi connectivity index (χ1v) is 11.8. The van der Waals surface area contributed by atoms with Gasteiger partial charge < -0.3 is 19.3 Å². The summed E-state index contributed by atoms with van der Waals surface area (Å²) in [5.74, 6) is -1.46. The van der Waals surface area contributed by atoms with Gasteiger partial charge in [0.15, 0.2) is 17.2 Å². The van der Waals surface area contributed by atoms with Gasteiger partial charge in [-0.2, -0.15) is 4.31 Å². The SMILES string of the molecule is Cc1ccc(S(=O)(=O)N2[C@@H](C[C@]34OC(C)(C)O[C@H]3[C@H](O)C=CC4=O)COC2(C)C)cc1. The molecule has 31 heavy (non-hydrogen) atoms. The van der Waals surface area contributed by atoms with Crippen LogP contribution in [0.25, 0.3) is 0 Å². The zero-order valence-electron chi connectivity index (χ0n) is 18.4. The molecule has 0 bridgehead atoms. The molecule has 0 spiro atoms. The third-order valence-electron chi connectivity index (χ3n) is 6.08. The average Bonchev–Trinajstić information content (AvgIpc) is 3.12. The molecular formula is C22H29NO7S. The normalized spacial score (nSPS) is 34.8. The Hall–Kier alpha value is -1.62. The molecule has 0 aromatic heterocycles. The Balaban J connectivity index is 1.74. The van der Waals surface area contributed by atoms with Crippen molar-refractivity contribution in [1.29, 1.82) is 0 Å². The predicted molar refractivity (Wildman–Crippen MR) is 112 cm³/mol.